The van der Waals surface area contributed by atoms with Gasteiger partial charge in [-0.15, -0.1) is 13.2 Å². The number of rotatable bonds is 11. The Hall–Kier alpha value is -3.72. The molecule has 0 aliphatic heterocycles. The number of benzene rings is 3. The van der Waals surface area contributed by atoms with Crippen molar-refractivity contribution in [3.05, 3.63) is 89.5 Å². The van der Waals surface area contributed by atoms with Gasteiger partial charge in [-0.3, -0.25) is 4.79 Å². The second-order valence-corrected chi connectivity index (χ2v) is 7.49. The van der Waals surface area contributed by atoms with Crippen molar-refractivity contribution in [3.8, 4) is 17.2 Å². The van der Waals surface area contributed by atoms with E-state index in [1.807, 2.05) is 36.4 Å². The van der Waals surface area contributed by atoms with E-state index in [0.717, 1.165) is 11.1 Å². The summed E-state index contributed by atoms with van der Waals surface area (Å²) in [5, 5.41) is 3.17. The highest BCUT2D eigenvalue weighted by atomic mass is 19.4. The lowest BCUT2D eigenvalue weighted by Gasteiger charge is -2.17. The summed E-state index contributed by atoms with van der Waals surface area (Å²) in [6.45, 7) is 0.513. The third-order valence-electron chi connectivity index (χ3n) is 4.96. The first-order valence-electron chi connectivity index (χ1n) is 10.4. The van der Waals surface area contributed by atoms with Crippen LogP contribution in [0, 0.1) is 0 Å². The second-order valence-electron chi connectivity index (χ2n) is 7.49. The Morgan fingerprint density at radius 1 is 0.941 bits per heavy atom. The van der Waals surface area contributed by atoms with Gasteiger partial charge in [0.25, 0.3) is 0 Å². The number of carbonyl (C=O) groups is 1. The molecule has 9 heteroatoms. The highest BCUT2D eigenvalue weighted by Crippen LogP contribution is 2.29. The van der Waals surface area contributed by atoms with Gasteiger partial charge in [0.1, 0.15) is 12.4 Å². The maximum atomic E-state index is 12.3. The Morgan fingerprint density at radius 3 is 2.24 bits per heavy atom. The molecule has 3 rings (SSSR count). The van der Waals surface area contributed by atoms with Gasteiger partial charge in [-0.25, -0.2) is 0 Å². The van der Waals surface area contributed by atoms with Crippen molar-refractivity contribution < 1.29 is 32.2 Å². The minimum atomic E-state index is -4.74. The van der Waals surface area contributed by atoms with Gasteiger partial charge in [-0.1, -0.05) is 48.5 Å². The number of halogens is 3. The van der Waals surface area contributed by atoms with E-state index in [0.29, 0.717) is 30.0 Å². The molecule has 0 bridgehead atoms. The van der Waals surface area contributed by atoms with Crippen LogP contribution < -0.4 is 25.3 Å². The summed E-state index contributed by atoms with van der Waals surface area (Å²) in [6, 6.07) is 19.8. The van der Waals surface area contributed by atoms with Crippen molar-refractivity contribution in [2.24, 2.45) is 5.73 Å². The van der Waals surface area contributed by atoms with Gasteiger partial charge in [0.05, 0.1) is 13.2 Å². The van der Waals surface area contributed by atoms with E-state index in [4.69, 9.17) is 15.2 Å². The fraction of sp³-hybridized carbons (Fsp3) is 0.240. The first-order valence-corrected chi connectivity index (χ1v) is 10.4. The lowest BCUT2D eigenvalue weighted by Crippen LogP contribution is -2.42. The van der Waals surface area contributed by atoms with Crippen LogP contribution in [0.25, 0.3) is 0 Å². The number of carbonyl (C=O) groups excluding carboxylic acids is 1. The van der Waals surface area contributed by atoms with Crippen molar-refractivity contribution in [2.75, 3.05) is 7.11 Å². The second kappa shape index (κ2) is 11.4. The fourth-order valence-electron chi connectivity index (χ4n) is 3.25. The zero-order chi connectivity index (χ0) is 24.6. The third-order valence-corrected chi connectivity index (χ3v) is 4.96. The smallest absolute Gasteiger partial charge is 0.493 e. The lowest BCUT2D eigenvalue weighted by atomic mass is 10.1. The molecule has 6 nitrogen and oxygen atoms in total. The minimum absolute atomic E-state index is 0.126. The Labute approximate surface area is 195 Å². The number of primary amides is 1. The molecule has 0 saturated heterocycles. The first-order chi connectivity index (χ1) is 16.2. The van der Waals surface area contributed by atoms with E-state index in [-0.39, 0.29) is 12.4 Å². The normalized spacial score (nSPS) is 12.1. The quantitative estimate of drug-likeness (QED) is 0.432. The van der Waals surface area contributed by atoms with Crippen LogP contribution in [0.4, 0.5) is 13.2 Å². The third kappa shape index (κ3) is 7.70. The van der Waals surface area contributed by atoms with Crippen molar-refractivity contribution in [3.63, 3.8) is 0 Å². The summed E-state index contributed by atoms with van der Waals surface area (Å²) in [4.78, 5) is 11.9. The van der Waals surface area contributed by atoms with Gasteiger partial charge < -0.3 is 25.3 Å². The monoisotopic (exact) mass is 474 g/mol. The van der Waals surface area contributed by atoms with Crippen LogP contribution in [-0.2, 0) is 24.4 Å². The number of hydrogen-bond donors (Lipinski definition) is 2. The van der Waals surface area contributed by atoms with Crippen molar-refractivity contribution in [1.29, 1.82) is 0 Å². The van der Waals surface area contributed by atoms with Gasteiger partial charge in [0.2, 0.25) is 5.91 Å². The molecule has 0 fully saturated rings. The Morgan fingerprint density at radius 2 is 1.62 bits per heavy atom. The molecule has 0 radical (unpaired) electrons. The van der Waals surface area contributed by atoms with Crippen LogP contribution in [0.2, 0.25) is 0 Å². The predicted molar refractivity (Wildman–Crippen MR) is 120 cm³/mol. The molecule has 0 spiro atoms. The van der Waals surface area contributed by atoms with Crippen LogP contribution in [0.1, 0.15) is 16.7 Å². The lowest BCUT2D eigenvalue weighted by molar-refractivity contribution is -0.274. The molecule has 0 saturated carbocycles. The van der Waals surface area contributed by atoms with E-state index in [9.17, 15) is 18.0 Å². The molecule has 0 aliphatic rings. The zero-order valence-electron chi connectivity index (χ0n) is 18.5. The Kier molecular flexibility index (Phi) is 8.37. The number of hydrogen-bond acceptors (Lipinski definition) is 5. The maximum absolute atomic E-state index is 12.3. The largest absolute Gasteiger partial charge is 0.573 e. The van der Waals surface area contributed by atoms with Crippen molar-refractivity contribution in [2.45, 2.75) is 32.0 Å². The number of alkyl halides is 3. The van der Waals surface area contributed by atoms with Gasteiger partial charge in [0.15, 0.2) is 11.5 Å². The highest BCUT2D eigenvalue weighted by molar-refractivity contribution is 5.80. The van der Waals surface area contributed by atoms with Crippen LogP contribution in [0.5, 0.6) is 17.2 Å². The molecule has 3 aromatic carbocycles. The maximum Gasteiger partial charge on any atom is 0.573 e. The minimum Gasteiger partial charge on any atom is -0.493 e. The van der Waals surface area contributed by atoms with Crippen LogP contribution >= 0.6 is 0 Å². The summed E-state index contributed by atoms with van der Waals surface area (Å²) < 4.78 is 51.9. The van der Waals surface area contributed by atoms with E-state index in [1.54, 1.807) is 12.1 Å². The number of methoxy groups -OCH3 is 1. The molecular weight excluding hydrogens is 449 g/mol. The summed E-state index contributed by atoms with van der Waals surface area (Å²) >= 11 is 0. The standard InChI is InChI=1S/C25H25F3N2O4/c1-32-23-14-19(15-30-21(24(29)31)13-17-5-3-2-4-6-17)9-12-22(23)33-16-18-7-10-20(11-8-18)34-25(26,27)28/h2-12,14,21,30H,13,15-16H2,1H3,(H2,29,31)/t21-/m0/s1. The molecule has 180 valence electrons. The molecule has 3 aromatic rings. The molecule has 1 amide bonds. The van der Waals surface area contributed by atoms with Gasteiger partial charge in [0, 0.05) is 6.54 Å². The van der Waals surface area contributed by atoms with Crippen molar-refractivity contribution in [1.82, 2.24) is 5.32 Å². The summed E-state index contributed by atoms with van der Waals surface area (Å²) in [5.41, 5.74) is 8.07. The van der Waals surface area contributed by atoms with E-state index >= 15 is 0 Å². The average Bonchev–Trinajstić information content (AvgIpc) is 2.81. The number of ether oxygens (including phenoxy) is 3. The summed E-state index contributed by atoms with van der Waals surface area (Å²) in [7, 11) is 1.50. The molecule has 1 atom stereocenters. The van der Waals surface area contributed by atoms with Crippen LogP contribution in [-0.4, -0.2) is 25.4 Å². The fourth-order valence-corrected chi connectivity index (χ4v) is 3.25. The number of amides is 1. The predicted octanol–water partition coefficient (Wildman–Crippen LogP) is 4.36. The van der Waals surface area contributed by atoms with Gasteiger partial charge >= 0.3 is 6.36 Å². The van der Waals surface area contributed by atoms with Crippen LogP contribution in [0.3, 0.4) is 0 Å². The van der Waals surface area contributed by atoms with E-state index in [1.165, 1.54) is 31.4 Å². The molecule has 0 unspecified atom stereocenters. The molecule has 34 heavy (non-hydrogen) atoms. The topological polar surface area (TPSA) is 82.8 Å². The number of nitrogens with one attached hydrogen (secondary N) is 1. The molecule has 0 aromatic heterocycles. The summed E-state index contributed by atoms with van der Waals surface area (Å²) in [5.74, 6) is 0.210. The van der Waals surface area contributed by atoms with Gasteiger partial charge in [-0.05, 0) is 47.4 Å². The van der Waals surface area contributed by atoms with Crippen molar-refractivity contribution >= 4 is 5.91 Å². The van der Waals surface area contributed by atoms with E-state index in [2.05, 4.69) is 10.1 Å². The van der Waals surface area contributed by atoms with E-state index < -0.39 is 18.3 Å². The van der Waals surface area contributed by atoms with Crippen LogP contribution in [0.15, 0.2) is 72.8 Å². The summed E-state index contributed by atoms with van der Waals surface area (Å²) in [6.07, 6.45) is -4.26. The molecular formula is C25H25F3N2O4. The molecule has 3 N–H and O–H groups in total. The molecule has 0 heterocycles. The average molecular weight is 474 g/mol. The highest BCUT2D eigenvalue weighted by Gasteiger charge is 2.30. The number of nitrogens with two attached hydrogens (primary N) is 1. The SMILES string of the molecule is COc1cc(CN[C@@H](Cc2ccccc2)C(N)=O)ccc1OCc1ccc(OC(F)(F)F)cc1. The molecule has 0 aliphatic carbocycles. The Bertz CT molecular complexity index is 1070. The Balaban J connectivity index is 1.58. The first kappa shape index (κ1) is 24.9. The zero-order valence-corrected chi connectivity index (χ0v) is 18.5. The van der Waals surface area contributed by atoms with Gasteiger partial charge in [-0.2, -0.15) is 0 Å².